The summed E-state index contributed by atoms with van der Waals surface area (Å²) in [6, 6.07) is 4.81. The van der Waals surface area contributed by atoms with Crippen molar-refractivity contribution in [3.63, 3.8) is 0 Å². The minimum Gasteiger partial charge on any atom is -0.356 e. The molecule has 1 aromatic carbocycles. The predicted molar refractivity (Wildman–Crippen MR) is 70.3 cm³/mol. The zero-order valence-electron chi connectivity index (χ0n) is 10.2. The highest BCUT2D eigenvalue weighted by Crippen LogP contribution is 2.27. The van der Waals surface area contributed by atoms with E-state index in [1.165, 1.54) is 6.07 Å². The molecule has 5 nitrogen and oxygen atoms in total. The number of carbonyl (C=O) groups excluding carboxylic acids is 1. The molecule has 0 aliphatic carbocycles. The number of nitrogens with one attached hydrogen (secondary N) is 1. The van der Waals surface area contributed by atoms with Crippen molar-refractivity contribution in [2.75, 3.05) is 0 Å². The molecule has 7 heteroatoms. The van der Waals surface area contributed by atoms with Crippen LogP contribution in [0.1, 0.15) is 32.3 Å². The van der Waals surface area contributed by atoms with Gasteiger partial charge in [-0.3, -0.25) is 4.79 Å². The van der Waals surface area contributed by atoms with Crippen LogP contribution in [0.25, 0.3) is 0 Å². The molecule has 0 aromatic heterocycles. The Kier molecular flexibility index (Phi) is 4.89. The maximum Gasteiger partial charge on any atom is 0.323 e. The van der Waals surface area contributed by atoms with Crippen molar-refractivity contribution in [1.82, 2.24) is 4.89 Å². The van der Waals surface area contributed by atoms with Crippen LogP contribution in [-0.2, 0) is 19.7 Å². The summed E-state index contributed by atoms with van der Waals surface area (Å²) in [6.07, 6.45) is 0. The zero-order valence-corrected chi connectivity index (χ0v) is 12.6. The second-order valence-electron chi connectivity index (χ2n) is 4.02. The second kappa shape index (κ2) is 5.81. The zero-order chi connectivity index (χ0) is 13.9. The van der Waals surface area contributed by atoms with Crippen LogP contribution in [0.2, 0.25) is 0 Å². The molecule has 0 heterocycles. The largest absolute Gasteiger partial charge is 0.356 e. The molecule has 0 radical (unpaired) electrons. The van der Waals surface area contributed by atoms with E-state index in [-0.39, 0.29) is 10.8 Å². The fourth-order valence-electron chi connectivity index (χ4n) is 1.37. The molecule has 1 rings (SSSR count). The maximum absolute atomic E-state index is 12.0. The lowest BCUT2D eigenvalue weighted by Crippen LogP contribution is -2.27. The summed E-state index contributed by atoms with van der Waals surface area (Å²) in [4.78, 5) is 16.9. The topological polar surface area (TPSA) is 72.5 Å². The molecule has 1 N–H and O–H groups in total. The van der Waals surface area contributed by atoms with E-state index in [0.29, 0.717) is 5.56 Å². The highest BCUT2D eigenvalue weighted by atomic mass is 79.9. The molecule has 0 unspecified atom stereocenters. The van der Waals surface area contributed by atoms with E-state index in [0.717, 1.165) is 11.4 Å². The van der Waals surface area contributed by atoms with Gasteiger partial charge in [0, 0.05) is 11.4 Å². The van der Waals surface area contributed by atoms with E-state index in [9.17, 15) is 13.2 Å². The van der Waals surface area contributed by atoms with Crippen LogP contribution in [0, 0.1) is 0 Å². The Bertz CT molecular complexity index is 554. The fraction of sp³-hybridized carbons (Fsp3) is 0.364. The van der Waals surface area contributed by atoms with Gasteiger partial charge in [0.1, 0.15) is 0 Å². The van der Waals surface area contributed by atoms with Gasteiger partial charge in [0.25, 0.3) is 10.0 Å². The number of halogens is 1. The van der Waals surface area contributed by atoms with Crippen molar-refractivity contribution >= 4 is 31.9 Å². The number of rotatable bonds is 4. The number of carbonyl (C=O) groups is 1. The quantitative estimate of drug-likeness (QED) is 0.857. The highest BCUT2D eigenvalue weighted by Gasteiger charge is 2.21. The Balaban J connectivity index is 3.19. The Morgan fingerprint density at radius 3 is 2.50 bits per heavy atom. The molecule has 0 aliphatic heterocycles. The number of hydrogen-bond acceptors (Lipinski definition) is 4. The van der Waals surface area contributed by atoms with Crippen LogP contribution in [0.3, 0.4) is 0 Å². The van der Waals surface area contributed by atoms with Gasteiger partial charge in [-0.25, -0.2) is 8.42 Å². The van der Waals surface area contributed by atoms with Crippen molar-refractivity contribution in [3.8, 4) is 0 Å². The standard InChI is InChI=1S/C11H14BrNO4S/c1-7(2)10-6-9(12)4-5-11(10)18(15,16)13-17-8(3)14/h4-7,13H,1-3H3. The number of sulfonamides is 1. The summed E-state index contributed by atoms with van der Waals surface area (Å²) in [5, 5.41) is 0. The summed E-state index contributed by atoms with van der Waals surface area (Å²) in [6.45, 7) is 4.88. The SMILES string of the molecule is CC(=O)ONS(=O)(=O)c1ccc(Br)cc1C(C)C. The molecule has 0 atom stereocenters. The van der Waals surface area contributed by atoms with Crippen LogP contribution in [0.4, 0.5) is 0 Å². The van der Waals surface area contributed by atoms with Gasteiger partial charge in [-0.2, -0.15) is 0 Å². The molecule has 18 heavy (non-hydrogen) atoms. The molecule has 0 aliphatic rings. The van der Waals surface area contributed by atoms with E-state index in [1.54, 1.807) is 17.0 Å². The molecule has 0 amide bonds. The third kappa shape index (κ3) is 3.79. The summed E-state index contributed by atoms with van der Waals surface area (Å²) in [5.41, 5.74) is 0.643. The van der Waals surface area contributed by atoms with Crippen LogP contribution in [0.15, 0.2) is 27.6 Å². The van der Waals surface area contributed by atoms with Crippen LogP contribution < -0.4 is 4.89 Å². The first kappa shape index (κ1) is 15.1. The van der Waals surface area contributed by atoms with Crippen LogP contribution >= 0.6 is 15.9 Å². The maximum atomic E-state index is 12.0. The molecule has 1 aromatic rings. The summed E-state index contributed by atoms with van der Waals surface area (Å²) in [5.74, 6) is -0.701. The van der Waals surface area contributed by atoms with Crippen molar-refractivity contribution in [2.45, 2.75) is 31.6 Å². The van der Waals surface area contributed by atoms with Gasteiger partial charge < -0.3 is 4.84 Å². The van der Waals surface area contributed by atoms with E-state index < -0.39 is 16.0 Å². The molecule has 100 valence electrons. The van der Waals surface area contributed by atoms with Crippen molar-refractivity contribution in [3.05, 3.63) is 28.2 Å². The van der Waals surface area contributed by atoms with Crippen LogP contribution in [-0.4, -0.2) is 14.4 Å². The first-order valence-electron chi connectivity index (χ1n) is 5.22. The van der Waals surface area contributed by atoms with Crippen molar-refractivity contribution in [1.29, 1.82) is 0 Å². The Morgan fingerprint density at radius 2 is 2.00 bits per heavy atom. The van der Waals surface area contributed by atoms with Gasteiger partial charge >= 0.3 is 5.97 Å². The monoisotopic (exact) mass is 335 g/mol. The molecule has 0 fully saturated rings. The van der Waals surface area contributed by atoms with Gasteiger partial charge in [0.05, 0.1) is 4.90 Å². The normalized spacial score (nSPS) is 11.6. The van der Waals surface area contributed by atoms with E-state index in [1.807, 2.05) is 13.8 Å². The number of benzene rings is 1. The summed E-state index contributed by atoms with van der Waals surface area (Å²) < 4.78 is 24.7. The Hall–Kier alpha value is -0.920. The first-order chi connectivity index (χ1) is 8.24. The lowest BCUT2D eigenvalue weighted by Gasteiger charge is -2.13. The van der Waals surface area contributed by atoms with Gasteiger partial charge in [-0.1, -0.05) is 29.8 Å². The molecule has 0 saturated carbocycles. The minimum atomic E-state index is -3.86. The highest BCUT2D eigenvalue weighted by molar-refractivity contribution is 9.10. The fourth-order valence-corrected chi connectivity index (χ4v) is 2.92. The van der Waals surface area contributed by atoms with Crippen LogP contribution in [0.5, 0.6) is 0 Å². The van der Waals surface area contributed by atoms with E-state index >= 15 is 0 Å². The van der Waals surface area contributed by atoms with Gasteiger partial charge in [-0.15, -0.1) is 0 Å². The molecular formula is C11H14BrNO4S. The lowest BCUT2D eigenvalue weighted by atomic mass is 10.0. The van der Waals surface area contributed by atoms with E-state index in [2.05, 4.69) is 20.8 Å². The molecule has 0 spiro atoms. The minimum absolute atomic E-state index is 0.0198. The lowest BCUT2D eigenvalue weighted by molar-refractivity contribution is -0.144. The van der Waals surface area contributed by atoms with E-state index in [4.69, 9.17) is 0 Å². The molecule has 0 saturated heterocycles. The average molecular weight is 336 g/mol. The first-order valence-corrected chi connectivity index (χ1v) is 7.50. The van der Waals surface area contributed by atoms with Gasteiger partial charge in [0.15, 0.2) is 0 Å². The average Bonchev–Trinajstić information content (AvgIpc) is 2.26. The summed E-state index contributed by atoms with van der Waals surface area (Å²) >= 11 is 3.29. The third-order valence-corrected chi connectivity index (χ3v) is 3.93. The summed E-state index contributed by atoms with van der Waals surface area (Å²) in [7, 11) is -3.86. The third-order valence-electron chi connectivity index (χ3n) is 2.18. The Labute approximate surface area is 115 Å². The van der Waals surface area contributed by atoms with Gasteiger partial charge in [0.2, 0.25) is 0 Å². The number of hydrogen-bond donors (Lipinski definition) is 1. The molecular weight excluding hydrogens is 322 g/mol. The Morgan fingerprint density at radius 1 is 1.39 bits per heavy atom. The van der Waals surface area contributed by atoms with Crippen molar-refractivity contribution in [2.24, 2.45) is 0 Å². The molecule has 0 bridgehead atoms. The van der Waals surface area contributed by atoms with Crippen molar-refractivity contribution < 1.29 is 18.0 Å². The van der Waals surface area contributed by atoms with Gasteiger partial charge in [-0.05, 0) is 34.6 Å². The smallest absolute Gasteiger partial charge is 0.323 e. The predicted octanol–water partition coefficient (Wildman–Crippen LogP) is 2.33. The second-order valence-corrected chi connectivity index (χ2v) is 6.55.